The molecule has 4 heteroatoms. The number of aromatic nitrogens is 1. The Balaban J connectivity index is 2.21. The van der Waals surface area contributed by atoms with Gasteiger partial charge in [-0.3, -0.25) is 0 Å². The third-order valence-electron chi connectivity index (χ3n) is 2.17. The molecule has 0 aliphatic rings. The Hall–Kier alpha value is -1.68. The Bertz CT molecular complexity index is 462. The molecule has 2 aromatic rings. The lowest BCUT2D eigenvalue weighted by Gasteiger charge is -1.98. The Morgan fingerprint density at radius 1 is 1.38 bits per heavy atom. The van der Waals surface area contributed by atoms with Crippen LogP contribution in [0, 0.1) is 5.82 Å². The van der Waals surface area contributed by atoms with Gasteiger partial charge in [0.25, 0.3) is 0 Å². The second-order valence-corrected chi connectivity index (χ2v) is 3.83. The average molecular weight is 220 g/mol. The summed E-state index contributed by atoms with van der Waals surface area (Å²) in [5.41, 5.74) is 7.24. The van der Waals surface area contributed by atoms with Crippen molar-refractivity contribution < 1.29 is 8.81 Å². The molecule has 1 aromatic carbocycles. The molecular formula is C12H13FN2O. The van der Waals surface area contributed by atoms with E-state index in [-0.39, 0.29) is 11.9 Å². The molecular weight excluding hydrogens is 207 g/mol. The van der Waals surface area contributed by atoms with Crippen molar-refractivity contribution in [2.75, 3.05) is 0 Å². The van der Waals surface area contributed by atoms with E-state index in [2.05, 4.69) is 4.98 Å². The van der Waals surface area contributed by atoms with E-state index in [1.165, 1.54) is 12.1 Å². The van der Waals surface area contributed by atoms with Gasteiger partial charge in [-0.1, -0.05) is 0 Å². The molecule has 1 atom stereocenters. The van der Waals surface area contributed by atoms with Crippen LogP contribution in [0.1, 0.15) is 12.6 Å². The topological polar surface area (TPSA) is 52.0 Å². The molecule has 0 aliphatic carbocycles. The Morgan fingerprint density at radius 2 is 2.06 bits per heavy atom. The Kier molecular flexibility index (Phi) is 3.01. The van der Waals surface area contributed by atoms with Gasteiger partial charge in [0.2, 0.25) is 5.89 Å². The molecule has 0 spiro atoms. The first-order chi connectivity index (χ1) is 7.65. The summed E-state index contributed by atoms with van der Waals surface area (Å²) in [4.78, 5) is 4.28. The molecule has 0 saturated heterocycles. The summed E-state index contributed by atoms with van der Waals surface area (Å²) < 4.78 is 18.0. The van der Waals surface area contributed by atoms with Gasteiger partial charge in [-0.25, -0.2) is 9.37 Å². The standard InChI is InChI=1S/C12H13FN2O/c1-8(14)6-11-7-16-12(15-11)9-2-4-10(13)5-3-9/h2-5,7-8H,6,14H2,1H3. The summed E-state index contributed by atoms with van der Waals surface area (Å²) in [5.74, 6) is 0.224. The fraction of sp³-hybridized carbons (Fsp3) is 0.250. The maximum absolute atomic E-state index is 12.7. The van der Waals surface area contributed by atoms with Crippen molar-refractivity contribution in [1.82, 2.24) is 4.98 Å². The first-order valence-corrected chi connectivity index (χ1v) is 5.11. The summed E-state index contributed by atoms with van der Waals surface area (Å²) in [6, 6.07) is 6.08. The summed E-state index contributed by atoms with van der Waals surface area (Å²) in [7, 11) is 0. The van der Waals surface area contributed by atoms with Gasteiger partial charge in [-0.05, 0) is 31.2 Å². The monoisotopic (exact) mass is 220 g/mol. The summed E-state index contributed by atoms with van der Waals surface area (Å²) in [5, 5.41) is 0. The molecule has 16 heavy (non-hydrogen) atoms. The van der Waals surface area contributed by atoms with Crippen molar-refractivity contribution in [3.8, 4) is 11.5 Å². The zero-order chi connectivity index (χ0) is 11.5. The number of halogens is 1. The predicted octanol–water partition coefficient (Wildman–Crippen LogP) is 2.37. The van der Waals surface area contributed by atoms with Gasteiger partial charge in [0.15, 0.2) is 0 Å². The second-order valence-electron chi connectivity index (χ2n) is 3.83. The van der Waals surface area contributed by atoms with Crippen LogP contribution in [-0.2, 0) is 6.42 Å². The van der Waals surface area contributed by atoms with Gasteiger partial charge in [0, 0.05) is 18.0 Å². The van der Waals surface area contributed by atoms with E-state index in [9.17, 15) is 4.39 Å². The first-order valence-electron chi connectivity index (χ1n) is 5.11. The van der Waals surface area contributed by atoms with E-state index in [0.717, 1.165) is 11.3 Å². The van der Waals surface area contributed by atoms with Gasteiger partial charge in [-0.2, -0.15) is 0 Å². The number of hydrogen-bond donors (Lipinski definition) is 1. The van der Waals surface area contributed by atoms with Crippen LogP contribution in [0.5, 0.6) is 0 Å². The number of rotatable bonds is 3. The molecule has 0 radical (unpaired) electrons. The summed E-state index contributed by atoms with van der Waals surface area (Å²) >= 11 is 0. The quantitative estimate of drug-likeness (QED) is 0.863. The zero-order valence-electron chi connectivity index (χ0n) is 8.98. The second kappa shape index (κ2) is 4.45. The van der Waals surface area contributed by atoms with Gasteiger partial charge in [-0.15, -0.1) is 0 Å². The van der Waals surface area contributed by atoms with E-state index in [4.69, 9.17) is 10.2 Å². The Labute approximate surface area is 93.1 Å². The van der Waals surface area contributed by atoms with Crippen LogP contribution in [0.2, 0.25) is 0 Å². The van der Waals surface area contributed by atoms with E-state index in [1.807, 2.05) is 6.92 Å². The van der Waals surface area contributed by atoms with Gasteiger partial charge < -0.3 is 10.2 Å². The fourth-order valence-electron chi connectivity index (χ4n) is 1.46. The summed E-state index contributed by atoms with van der Waals surface area (Å²) in [6.07, 6.45) is 2.26. The van der Waals surface area contributed by atoms with E-state index in [1.54, 1.807) is 18.4 Å². The SMILES string of the molecule is CC(N)Cc1coc(-c2ccc(F)cc2)n1. The van der Waals surface area contributed by atoms with Crippen molar-refractivity contribution in [2.45, 2.75) is 19.4 Å². The molecule has 1 unspecified atom stereocenters. The van der Waals surface area contributed by atoms with E-state index < -0.39 is 0 Å². The van der Waals surface area contributed by atoms with Gasteiger partial charge in [0.05, 0.1) is 5.69 Å². The van der Waals surface area contributed by atoms with Gasteiger partial charge >= 0.3 is 0 Å². The predicted molar refractivity (Wildman–Crippen MR) is 59.3 cm³/mol. The van der Waals surface area contributed by atoms with Crippen molar-refractivity contribution in [3.63, 3.8) is 0 Å². The molecule has 3 nitrogen and oxygen atoms in total. The fourth-order valence-corrected chi connectivity index (χ4v) is 1.46. The minimum absolute atomic E-state index is 0.0474. The minimum Gasteiger partial charge on any atom is -0.444 e. The summed E-state index contributed by atoms with van der Waals surface area (Å²) in [6.45, 7) is 1.91. The third kappa shape index (κ3) is 2.46. The lowest BCUT2D eigenvalue weighted by Crippen LogP contribution is -2.17. The van der Waals surface area contributed by atoms with Crippen molar-refractivity contribution in [2.24, 2.45) is 5.73 Å². The van der Waals surface area contributed by atoms with Crippen LogP contribution in [-0.4, -0.2) is 11.0 Å². The normalized spacial score (nSPS) is 12.7. The van der Waals surface area contributed by atoms with Crippen molar-refractivity contribution >= 4 is 0 Å². The van der Waals surface area contributed by atoms with Crippen LogP contribution in [0.15, 0.2) is 34.9 Å². The molecule has 0 amide bonds. The minimum atomic E-state index is -0.272. The largest absolute Gasteiger partial charge is 0.444 e. The Morgan fingerprint density at radius 3 is 2.69 bits per heavy atom. The molecule has 2 N–H and O–H groups in total. The maximum Gasteiger partial charge on any atom is 0.226 e. The van der Waals surface area contributed by atoms with Crippen molar-refractivity contribution in [1.29, 1.82) is 0 Å². The van der Waals surface area contributed by atoms with Crippen molar-refractivity contribution in [3.05, 3.63) is 42.0 Å². The first kappa shape index (κ1) is 10.8. The number of benzene rings is 1. The smallest absolute Gasteiger partial charge is 0.226 e. The lowest BCUT2D eigenvalue weighted by atomic mass is 10.2. The molecule has 0 saturated carbocycles. The lowest BCUT2D eigenvalue weighted by molar-refractivity contribution is 0.570. The van der Waals surface area contributed by atoms with E-state index in [0.29, 0.717) is 12.3 Å². The highest BCUT2D eigenvalue weighted by Gasteiger charge is 2.07. The number of hydrogen-bond acceptors (Lipinski definition) is 3. The van der Waals surface area contributed by atoms with Gasteiger partial charge in [0.1, 0.15) is 12.1 Å². The molecule has 0 bridgehead atoms. The van der Waals surface area contributed by atoms with Crippen LogP contribution >= 0.6 is 0 Å². The number of nitrogens with zero attached hydrogens (tertiary/aromatic N) is 1. The molecule has 0 fully saturated rings. The molecule has 84 valence electrons. The average Bonchev–Trinajstić information content (AvgIpc) is 2.66. The highest BCUT2D eigenvalue weighted by molar-refractivity contribution is 5.52. The third-order valence-corrected chi connectivity index (χ3v) is 2.17. The molecule has 2 rings (SSSR count). The number of nitrogens with two attached hydrogens (primary N) is 1. The zero-order valence-corrected chi connectivity index (χ0v) is 8.98. The van der Waals surface area contributed by atoms with Crippen LogP contribution < -0.4 is 5.73 Å². The molecule has 1 aromatic heterocycles. The van der Waals surface area contributed by atoms with E-state index >= 15 is 0 Å². The molecule has 0 aliphatic heterocycles. The molecule has 1 heterocycles. The van der Waals surface area contributed by atoms with Crippen LogP contribution in [0.4, 0.5) is 4.39 Å². The van der Waals surface area contributed by atoms with Crippen LogP contribution in [0.25, 0.3) is 11.5 Å². The number of oxazole rings is 1. The van der Waals surface area contributed by atoms with Crippen LogP contribution in [0.3, 0.4) is 0 Å². The highest BCUT2D eigenvalue weighted by Crippen LogP contribution is 2.19. The maximum atomic E-state index is 12.7. The highest BCUT2D eigenvalue weighted by atomic mass is 19.1.